The van der Waals surface area contributed by atoms with Crippen LogP contribution in [0.25, 0.3) is 11.3 Å². The van der Waals surface area contributed by atoms with Crippen LogP contribution in [-0.2, 0) is 6.42 Å². The summed E-state index contributed by atoms with van der Waals surface area (Å²) < 4.78 is 14.2. The molecule has 2 heterocycles. The number of pyridine rings is 1. The van der Waals surface area contributed by atoms with Crippen LogP contribution in [0.1, 0.15) is 5.56 Å². The molecule has 4 nitrogen and oxygen atoms in total. The number of aromatic nitrogens is 3. The Kier molecular flexibility index (Phi) is 3.99. The van der Waals surface area contributed by atoms with Crippen LogP contribution < -0.4 is 4.74 Å². The molecule has 3 aromatic rings. The first-order chi connectivity index (χ1) is 9.93. The van der Waals surface area contributed by atoms with Crippen molar-refractivity contribution in [3.05, 3.63) is 60.4 Å². The quantitative estimate of drug-likeness (QED) is 0.721. The molecular weight excluding hydrogens is 270 g/mol. The second kappa shape index (κ2) is 6.25. The van der Waals surface area contributed by atoms with Crippen LogP contribution in [-0.4, -0.2) is 20.3 Å². The molecule has 100 valence electrons. The van der Waals surface area contributed by atoms with Gasteiger partial charge < -0.3 is 4.74 Å². The average molecular weight is 283 g/mol. The van der Waals surface area contributed by atoms with Gasteiger partial charge in [-0.15, -0.1) is 4.37 Å². The summed E-state index contributed by atoms with van der Waals surface area (Å²) in [5.74, 6) is 0.582. The molecule has 0 saturated heterocycles. The van der Waals surface area contributed by atoms with Crippen LogP contribution in [0, 0.1) is 0 Å². The van der Waals surface area contributed by atoms with Crippen molar-refractivity contribution in [2.75, 3.05) is 6.61 Å². The van der Waals surface area contributed by atoms with Gasteiger partial charge in [0.1, 0.15) is 5.69 Å². The van der Waals surface area contributed by atoms with Crippen LogP contribution in [0.3, 0.4) is 0 Å². The fourth-order valence-electron chi connectivity index (χ4n) is 1.86. The maximum absolute atomic E-state index is 5.74. The van der Waals surface area contributed by atoms with Crippen molar-refractivity contribution in [2.24, 2.45) is 0 Å². The van der Waals surface area contributed by atoms with Gasteiger partial charge in [-0.1, -0.05) is 30.3 Å². The second-order valence-corrected chi connectivity index (χ2v) is 4.77. The molecule has 1 aromatic carbocycles. The fourth-order valence-corrected chi connectivity index (χ4v) is 2.38. The summed E-state index contributed by atoms with van der Waals surface area (Å²) in [6.07, 6.45) is 4.35. The Labute approximate surface area is 121 Å². The predicted molar refractivity (Wildman–Crippen MR) is 78.8 cm³/mol. The molecule has 0 bridgehead atoms. The first-order valence-corrected chi connectivity index (χ1v) is 7.06. The van der Waals surface area contributed by atoms with E-state index >= 15 is 0 Å². The monoisotopic (exact) mass is 283 g/mol. The summed E-state index contributed by atoms with van der Waals surface area (Å²) in [7, 11) is 0. The summed E-state index contributed by atoms with van der Waals surface area (Å²) in [5, 5.41) is 0. The molecule has 2 aromatic heterocycles. The Morgan fingerprint density at radius 3 is 2.70 bits per heavy atom. The van der Waals surface area contributed by atoms with Crippen LogP contribution in [0.5, 0.6) is 5.88 Å². The van der Waals surface area contributed by atoms with E-state index in [0.29, 0.717) is 12.5 Å². The first-order valence-electron chi connectivity index (χ1n) is 6.33. The maximum Gasteiger partial charge on any atom is 0.254 e. The van der Waals surface area contributed by atoms with Gasteiger partial charge >= 0.3 is 0 Å². The molecule has 0 unspecified atom stereocenters. The maximum atomic E-state index is 5.74. The van der Waals surface area contributed by atoms with Crippen LogP contribution in [0.2, 0.25) is 0 Å². The highest BCUT2D eigenvalue weighted by atomic mass is 32.1. The van der Waals surface area contributed by atoms with E-state index in [2.05, 4.69) is 25.9 Å². The van der Waals surface area contributed by atoms with Crippen molar-refractivity contribution < 1.29 is 4.74 Å². The summed E-state index contributed by atoms with van der Waals surface area (Å²) >= 11 is 1.15. The minimum absolute atomic E-state index is 0.582. The van der Waals surface area contributed by atoms with Crippen LogP contribution in [0.15, 0.2) is 54.9 Å². The molecule has 0 spiro atoms. The van der Waals surface area contributed by atoms with Gasteiger partial charge in [0.25, 0.3) is 5.88 Å². The zero-order valence-corrected chi connectivity index (χ0v) is 11.6. The SMILES string of the molecule is c1ccc(CCOc2nsnc2-c2cccnc2)cc1. The zero-order valence-electron chi connectivity index (χ0n) is 10.8. The van der Waals surface area contributed by atoms with Crippen molar-refractivity contribution in [2.45, 2.75) is 6.42 Å². The van der Waals surface area contributed by atoms with Gasteiger partial charge in [0, 0.05) is 24.4 Å². The number of ether oxygens (including phenoxy) is 1. The second-order valence-electron chi connectivity index (χ2n) is 4.24. The summed E-state index contributed by atoms with van der Waals surface area (Å²) in [6, 6.07) is 14.1. The third kappa shape index (κ3) is 3.00. The smallest absolute Gasteiger partial charge is 0.254 e. The molecule has 0 saturated carbocycles. The van der Waals surface area contributed by atoms with E-state index < -0.39 is 0 Å². The van der Waals surface area contributed by atoms with Crippen molar-refractivity contribution in [3.8, 4) is 17.1 Å². The van der Waals surface area contributed by atoms with Gasteiger partial charge in [0.05, 0.1) is 18.3 Å². The minimum atomic E-state index is 0.582. The van der Waals surface area contributed by atoms with Gasteiger partial charge in [-0.25, -0.2) is 0 Å². The molecule has 0 aliphatic rings. The Balaban J connectivity index is 1.66. The van der Waals surface area contributed by atoms with Gasteiger partial charge in [0.15, 0.2) is 0 Å². The lowest BCUT2D eigenvalue weighted by Crippen LogP contribution is -2.02. The molecular formula is C15H13N3OS. The van der Waals surface area contributed by atoms with Crippen molar-refractivity contribution in [1.82, 2.24) is 13.7 Å². The number of rotatable bonds is 5. The lowest BCUT2D eigenvalue weighted by Gasteiger charge is -2.05. The van der Waals surface area contributed by atoms with E-state index in [1.54, 1.807) is 12.4 Å². The third-order valence-electron chi connectivity index (χ3n) is 2.87. The fraction of sp³-hybridized carbons (Fsp3) is 0.133. The van der Waals surface area contributed by atoms with Gasteiger partial charge in [-0.2, -0.15) is 4.37 Å². The van der Waals surface area contributed by atoms with E-state index in [1.807, 2.05) is 30.3 Å². The van der Waals surface area contributed by atoms with Crippen LogP contribution >= 0.6 is 11.7 Å². The van der Waals surface area contributed by atoms with E-state index in [1.165, 1.54) is 5.56 Å². The molecule has 0 radical (unpaired) electrons. The molecule has 0 fully saturated rings. The van der Waals surface area contributed by atoms with Gasteiger partial charge in [-0.3, -0.25) is 4.98 Å². The third-order valence-corrected chi connectivity index (χ3v) is 3.38. The molecule has 0 amide bonds. The number of hydrogen-bond acceptors (Lipinski definition) is 5. The number of hydrogen-bond donors (Lipinski definition) is 0. The normalized spacial score (nSPS) is 10.4. The Hall–Kier alpha value is -2.27. The Morgan fingerprint density at radius 2 is 1.90 bits per heavy atom. The standard InChI is InChI=1S/C15H13N3OS/c1-2-5-12(6-3-1)8-10-19-15-14(17-20-18-15)13-7-4-9-16-11-13/h1-7,9,11H,8,10H2. The molecule has 0 N–H and O–H groups in total. The average Bonchev–Trinajstić information content (AvgIpc) is 2.98. The summed E-state index contributed by atoms with van der Waals surface area (Å²) in [5.41, 5.74) is 2.94. The Morgan fingerprint density at radius 1 is 1.00 bits per heavy atom. The van der Waals surface area contributed by atoms with E-state index in [9.17, 15) is 0 Å². The lowest BCUT2D eigenvalue weighted by molar-refractivity contribution is 0.313. The highest BCUT2D eigenvalue weighted by Gasteiger charge is 2.11. The number of nitrogens with zero attached hydrogens (tertiary/aromatic N) is 3. The first kappa shape index (κ1) is 12.7. The largest absolute Gasteiger partial charge is 0.475 e. The van der Waals surface area contributed by atoms with Crippen molar-refractivity contribution >= 4 is 11.7 Å². The highest BCUT2D eigenvalue weighted by molar-refractivity contribution is 6.99. The van der Waals surface area contributed by atoms with Gasteiger partial charge in [0.2, 0.25) is 0 Å². The van der Waals surface area contributed by atoms with E-state index in [4.69, 9.17) is 4.74 Å². The summed E-state index contributed by atoms with van der Waals surface area (Å²) in [4.78, 5) is 4.09. The zero-order chi connectivity index (χ0) is 13.6. The molecule has 0 aliphatic carbocycles. The van der Waals surface area contributed by atoms with Gasteiger partial charge in [-0.05, 0) is 17.7 Å². The van der Waals surface area contributed by atoms with Crippen LogP contribution in [0.4, 0.5) is 0 Å². The Bertz CT molecular complexity index is 655. The summed E-state index contributed by atoms with van der Waals surface area (Å²) in [6.45, 7) is 0.586. The van der Waals surface area contributed by atoms with Crippen molar-refractivity contribution in [3.63, 3.8) is 0 Å². The topological polar surface area (TPSA) is 47.9 Å². The lowest BCUT2D eigenvalue weighted by atomic mass is 10.2. The minimum Gasteiger partial charge on any atom is -0.475 e. The predicted octanol–water partition coefficient (Wildman–Crippen LogP) is 3.22. The molecule has 20 heavy (non-hydrogen) atoms. The molecule has 5 heteroatoms. The van der Waals surface area contributed by atoms with E-state index in [0.717, 1.165) is 29.4 Å². The molecule has 3 rings (SSSR count). The highest BCUT2D eigenvalue weighted by Crippen LogP contribution is 2.26. The number of benzene rings is 1. The van der Waals surface area contributed by atoms with Crippen molar-refractivity contribution in [1.29, 1.82) is 0 Å². The van der Waals surface area contributed by atoms with E-state index in [-0.39, 0.29) is 0 Å². The molecule has 0 aliphatic heterocycles. The molecule has 0 atom stereocenters.